The molecule has 0 aliphatic rings. The van der Waals surface area contributed by atoms with Gasteiger partial charge >= 0.3 is 5.97 Å². The van der Waals surface area contributed by atoms with Gasteiger partial charge in [0.1, 0.15) is 5.56 Å². The Morgan fingerprint density at radius 2 is 2.11 bits per heavy atom. The SMILES string of the molecule is CCCCCOc1c(OC)cc(Br)cc1C(=O)O. The van der Waals surface area contributed by atoms with Crippen molar-refractivity contribution >= 4 is 21.9 Å². The number of rotatable bonds is 7. The third kappa shape index (κ3) is 3.91. The molecule has 0 aliphatic carbocycles. The molecule has 0 fully saturated rings. The summed E-state index contributed by atoms with van der Waals surface area (Å²) >= 11 is 3.25. The first-order valence-electron chi connectivity index (χ1n) is 5.83. The van der Waals surface area contributed by atoms with Crippen LogP contribution in [-0.4, -0.2) is 24.8 Å². The molecule has 0 saturated carbocycles. The van der Waals surface area contributed by atoms with Crippen molar-refractivity contribution in [2.24, 2.45) is 0 Å². The van der Waals surface area contributed by atoms with E-state index in [1.165, 1.54) is 13.2 Å². The molecule has 0 atom stereocenters. The van der Waals surface area contributed by atoms with E-state index in [2.05, 4.69) is 22.9 Å². The molecule has 0 aromatic heterocycles. The number of carboxylic acids is 1. The van der Waals surface area contributed by atoms with Gasteiger partial charge in [0.15, 0.2) is 11.5 Å². The minimum absolute atomic E-state index is 0.109. The molecule has 0 heterocycles. The summed E-state index contributed by atoms with van der Waals surface area (Å²) < 4.78 is 11.4. The number of methoxy groups -OCH3 is 1. The van der Waals surface area contributed by atoms with Crippen LogP contribution >= 0.6 is 15.9 Å². The van der Waals surface area contributed by atoms with Gasteiger partial charge in [0, 0.05) is 4.47 Å². The molecule has 0 aliphatic heterocycles. The second-order valence-corrected chi connectivity index (χ2v) is 4.76. The lowest BCUT2D eigenvalue weighted by molar-refractivity contribution is 0.0691. The summed E-state index contributed by atoms with van der Waals surface area (Å²) in [7, 11) is 1.49. The highest BCUT2D eigenvalue weighted by Crippen LogP contribution is 2.35. The summed E-state index contributed by atoms with van der Waals surface area (Å²) in [5.74, 6) is -0.303. The van der Waals surface area contributed by atoms with Gasteiger partial charge in [-0.25, -0.2) is 4.79 Å². The van der Waals surface area contributed by atoms with Gasteiger partial charge in [0.25, 0.3) is 0 Å². The first-order chi connectivity index (χ1) is 8.60. The van der Waals surface area contributed by atoms with E-state index in [4.69, 9.17) is 14.6 Å². The van der Waals surface area contributed by atoms with E-state index in [-0.39, 0.29) is 5.56 Å². The molecule has 18 heavy (non-hydrogen) atoms. The number of hydrogen-bond donors (Lipinski definition) is 1. The molecule has 0 bridgehead atoms. The first kappa shape index (κ1) is 14.8. The van der Waals surface area contributed by atoms with Gasteiger partial charge in [0.05, 0.1) is 13.7 Å². The monoisotopic (exact) mass is 316 g/mol. The van der Waals surface area contributed by atoms with E-state index in [0.717, 1.165) is 19.3 Å². The van der Waals surface area contributed by atoms with E-state index in [1.807, 2.05) is 0 Å². The highest BCUT2D eigenvalue weighted by molar-refractivity contribution is 9.10. The van der Waals surface area contributed by atoms with Gasteiger partial charge in [-0.2, -0.15) is 0 Å². The topological polar surface area (TPSA) is 55.8 Å². The minimum atomic E-state index is -1.03. The third-order valence-electron chi connectivity index (χ3n) is 2.46. The Hall–Kier alpha value is -1.23. The van der Waals surface area contributed by atoms with Gasteiger partial charge in [0.2, 0.25) is 0 Å². The van der Waals surface area contributed by atoms with Crippen molar-refractivity contribution in [2.75, 3.05) is 13.7 Å². The van der Waals surface area contributed by atoms with Gasteiger partial charge in [-0.05, 0) is 18.6 Å². The molecule has 0 saturated heterocycles. The Labute approximate surface area is 115 Å². The number of halogens is 1. The van der Waals surface area contributed by atoms with Gasteiger partial charge in [-0.15, -0.1) is 0 Å². The van der Waals surface area contributed by atoms with E-state index in [9.17, 15) is 4.79 Å². The number of aromatic carboxylic acids is 1. The van der Waals surface area contributed by atoms with Crippen molar-refractivity contribution in [2.45, 2.75) is 26.2 Å². The van der Waals surface area contributed by atoms with Crippen molar-refractivity contribution in [1.29, 1.82) is 0 Å². The Balaban J connectivity index is 2.94. The number of hydrogen-bond acceptors (Lipinski definition) is 3. The Morgan fingerprint density at radius 3 is 2.67 bits per heavy atom. The molecule has 100 valence electrons. The maximum atomic E-state index is 11.2. The fourth-order valence-corrected chi connectivity index (χ4v) is 1.99. The highest BCUT2D eigenvalue weighted by atomic mass is 79.9. The first-order valence-corrected chi connectivity index (χ1v) is 6.63. The molecule has 0 radical (unpaired) electrons. The summed E-state index contributed by atoms with van der Waals surface area (Å²) in [6.45, 7) is 2.59. The normalized spacial score (nSPS) is 10.2. The highest BCUT2D eigenvalue weighted by Gasteiger charge is 2.17. The number of benzene rings is 1. The van der Waals surface area contributed by atoms with Gasteiger partial charge in [-0.1, -0.05) is 35.7 Å². The van der Waals surface area contributed by atoms with Crippen LogP contribution in [-0.2, 0) is 0 Å². The van der Waals surface area contributed by atoms with Crippen molar-refractivity contribution in [1.82, 2.24) is 0 Å². The summed E-state index contributed by atoms with van der Waals surface area (Å²) in [4.78, 5) is 11.2. The van der Waals surface area contributed by atoms with Crippen LogP contribution in [0.2, 0.25) is 0 Å². The summed E-state index contributed by atoms with van der Waals surface area (Å²) in [6.07, 6.45) is 3.04. The molecular weight excluding hydrogens is 300 g/mol. The molecule has 1 aromatic rings. The van der Waals surface area contributed by atoms with E-state index in [1.54, 1.807) is 6.07 Å². The standard InChI is InChI=1S/C13H17BrO4/c1-3-4-5-6-18-12-10(13(15)16)7-9(14)8-11(12)17-2/h7-8H,3-6H2,1-2H3,(H,15,16). The second kappa shape index (κ2) is 7.26. The van der Waals surface area contributed by atoms with Crippen LogP contribution in [0.1, 0.15) is 36.5 Å². The van der Waals surface area contributed by atoms with Gasteiger partial charge in [-0.3, -0.25) is 0 Å². The number of ether oxygens (including phenoxy) is 2. The average molecular weight is 317 g/mol. The smallest absolute Gasteiger partial charge is 0.339 e. The van der Waals surface area contributed by atoms with Crippen LogP contribution in [0.5, 0.6) is 11.5 Å². The van der Waals surface area contributed by atoms with E-state index in [0.29, 0.717) is 22.6 Å². The average Bonchev–Trinajstić information content (AvgIpc) is 2.34. The maximum absolute atomic E-state index is 11.2. The Bertz CT molecular complexity index is 418. The molecule has 1 N–H and O–H groups in total. The predicted octanol–water partition coefficient (Wildman–Crippen LogP) is 3.72. The van der Waals surface area contributed by atoms with Crippen molar-refractivity contribution < 1.29 is 19.4 Å². The summed E-state index contributed by atoms with van der Waals surface area (Å²) in [5, 5.41) is 9.16. The predicted molar refractivity (Wildman–Crippen MR) is 72.7 cm³/mol. The lowest BCUT2D eigenvalue weighted by Crippen LogP contribution is -2.06. The molecule has 1 rings (SSSR count). The largest absolute Gasteiger partial charge is 0.493 e. The molecule has 4 nitrogen and oxygen atoms in total. The van der Waals surface area contributed by atoms with Crippen molar-refractivity contribution in [3.8, 4) is 11.5 Å². The quantitative estimate of drug-likeness (QED) is 0.779. The van der Waals surface area contributed by atoms with Crippen molar-refractivity contribution in [3.63, 3.8) is 0 Å². The maximum Gasteiger partial charge on any atom is 0.339 e. The molecule has 0 amide bonds. The third-order valence-corrected chi connectivity index (χ3v) is 2.92. The lowest BCUT2D eigenvalue weighted by Gasteiger charge is -2.13. The zero-order valence-electron chi connectivity index (χ0n) is 10.5. The zero-order valence-corrected chi connectivity index (χ0v) is 12.1. The van der Waals surface area contributed by atoms with Crippen LogP contribution in [0, 0.1) is 0 Å². The van der Waals surface area contributed by atoms with Crippen LogP contribution in [0.3, 0.4) is 0 Å². The molecule has 5 heteroatoms. The zero-order chi connectivity index (χ0) is 13.5. The van der Waals surface area contributed by atoms with Crippen LogP contribution in [0.25, 0.3) is 0 Å². The summed E-state index contributed by atoms with van der Waals surface area (Å²) in [5.41, 5.74) is 0.109. The van der Waals surface area contributed by atoms with Crippen molar-refractivity contribution in [3.05, 3.63) is 22.2 Å². The molecule has 0 unspecified atom stereocenters. The Morgan fingerprint density at radius 1 is 1.39 bits per heavy atom. The van der Waals surface area contributed by atoms with Crippen LogP contribution in [0.15, 0.2) is 16.6 Å². The molecule has 1 aromatic carbocycles. The van der Waals surface area contributed by atoms with Crippen LogP contribution < -0.4 is 9.47 Å². The second-order valence-electron chi connectivity index (χ2n) is 3.85. The number of carbonyl (C=O) groups is 1. The summed E-state index contributed by atoms with van der Waals surface area (Å²) in [6, 6.07) is 3.21. The van der Waals surface area contributed by atoms with Crippen LogP contribution in [0.4, 0.5) is 0 Å². The molecule has 0 spiro atoms. The fourth-order valence-electron chi connectivity index (χ4n) is 1.55. The van der Waals surface area contributed by atoms with E-state index >= 15 is 0 Å². The fraction of sp³-hybridized carbons (Fsp3) is 0.462. The number of carboxylic acid groups (broad SMARTS) is 1. The number of unbranched alkanes of at least 4 members (excludes halogenated alkanes) is 2. The minimum Gasteiger partial charge on any atom is -0.493 e. The lowest BCUT2D eigenvalue weighted by atomic mass is 10.2. The molecular formula is C13H17BrO4. The van der Waals surface area contributed by atoms with E-state index < -0.39 is 5.97 Å². The Kier molecular flexibility index (Phi) is 5.98. The van der Waals surface area contributed by atoms with Gasteiger partial charge < -0.3 is 14.6 Å².